The summed E-state index contributed by atoms with van der Waals surface area (Å²) in [5.41, 5.74) is 1.48. The molecule has 2 aliphatic rings. The Morgan fingerprint density at radius 3 is 2.71 bits per heavy atom. The fraction of sp³-hybridized carbons (Fsp3) is 0.733. The summed E-state index contributed by atoms with van der Waals surface area (Å²) in [6.45, 7) is 4.48. The summed E-state index contributed by atoms with van der Waals surface area (Å²) in [7, 11) is 0. The third kappa shape index (κ3) is 2.35. The van der Waals surface area contributed by atoms with Crippen molar-refractivity contribution in [3.63, 3.8) is 0 Å². The van der Waals surface area contributed by atoms with E-state index in [1.54, 1.807) is 4.88 Å². The Labute approximate surface area is 117 Å². The fourth-order valence-electron chi connectivity index (χ4n) is 4.01. The summed E-state index contributed by atoms with van der Waals surface area (Å²) in [6.07, 6.45) is 7.44. The van der Waals surface area contributed by atoms with Gasteiger partial charge >= 0.3 is 0 Å². The number of hydrogen-bond acceptors (Lipinski definition) is 1. The normalized spacial score (nSPS) is 33.2. The number of alkyl halides is 1. The predicted octanol–water partition coefficient (Wildman–Crippen LogP) is 5.63. The lowest BCUT2D eigenvalue weighted by Crippen LogP contribution is -2.12. The molecule has 17 heavy (non-hydrogen) atoms. The minimum absolute atomic E-state index is 0.602. The van der Waals surface area contributed by atoms with Gasteiger partial charge in [-0.15, -0.1) is 11.3 Å². The minimum Gasteiger partial charge on any atom is -0.144 e. The van der Waals surface area contributed by atoms with Crippen molar-refractivity contribution in [1.29, 1.82) is 0 Å². The van der Waals surface area contributed by atoms with E-state index in [1.807, 2.05) is 11.3 Å². The second kappa shape index (κ2) is 4.70. The topological polar surface area (TPSA) is 0 Å². The van der Waals surface area contributed by atoms with Crippen LogP contribution >= 0.6 is 27.3 Å². The van der Waals surface area contributed by atoms with Crippen LogP contribution in [0.4, 0.5) is 0 Å². The van der Waals surface area contributed by atoms with Crippen LogP contribution in [0.15, 0.2) is 6.07 Å². The molecule has 2 saturated carbocycles. The van der Waals surface area contributed by atoms with Gasteiger partial charge < -0.3 is 0 Å². The van der Waals surface area contributed by atoms with Crippen molar-refractivity contribution in [3.05, 3.63) is 21.4 Å². The number of thiophene rings is 1. The molecule has 4 atom stereocenters. The van der Waals surface area contributed by atoms with Crippen LogP contribution in [-0.2, 0) is 0 Å². The summed E-state index contributed by atoms with van der Waals surface area (Å²) >= 11 is 5.92. The molecular formula is C15H21BrS. The largest absolute Gasteiger partial charge is 0.144 e. The van der Waals surface area contributed by atoms with Crippen molar-refractivity contribution in [2.75, 3.05) is 0 Å². The first-order chi connectivity index (χ1) is 8.13. The molecule has 1 aromatic rings. The highest BCUT2D eigenvalue weighted by molar-refractivity contribution is 9.09. The molecule has 2 bridgehead atoms. The average molecular weight is 313 g/mol. The number of rotatable bonds is 3. The number of hydrogen-bond donors (Lipinski definition) is 0. The van der Waals surface area contributed by atoms with E-state index in [9.17, 15) is 0 Å². The van der Waals surface area contributed by atoms with Crippen LogP contribution in [0.3, 0.4) is 0 Å². The van der Waals surface area contributed by atoms with E-state index in [4.69, 9.17) is 0 Å². The molecule has 0 nitrogen and oxygen atoms in total. The zero-order chi connectivity index (χ0) is 12.0. The van der Waals surface area contributed by atoms with Crippen molar-refractivity contribution < 1.29 is 0 Å². The molecule has 1 heterocycles. The maximum Gasteiger partial charge on any atom is 0.0494 e. The lowest BCUT2D eigenvalue weighted by atomic mass is 9.85. The van der Waals surface area contributed by atoms with Gasteiger partial charge in [-0.05, 0) is 68.9 Å². The van der Waals surface area contributed by atoms with Gasteiger partial charge in [0.1, 0.15) is 0 Å². The molecule has 0 radical (unpaired) electrons. The van der Waals surface area contributed by atoms with E-state index in [1.165, 1.54) is 42.5 Å². The Hall–Kier alpha value is 0.180. The van der Waals surface area contributed by atoms with Gasteiger partial charge in [0.15, 0.2) is 0 Å². The summed E-state index contributed by atoms with van der Waals surface area (Å²) in [5.74, 6) is 3.14. The van der Waals surface area contributed by atoms with Crippen LogP contribution in [0.2, 0.25) is 0 Å². The van der Waals surface area contributed by atoms with Crippen molar-refractivity contribution >= 4 is 27.3 Å². The summed E-state index contributed by atoms with van der Waals surface area (Å²) in [4.78, 5) is 3.63. The first-order valence-electron chi connectivity index (χ1n) is 6.84. The lowest BCUT2D eigenvalue weighted by Gasteiger charge is -2.24. The maximum absolute atomic E-state index is 3.94. The van der Waals surface area contributed by atoms with Crippen molar-refractivity contribution in [2.45, 2.75) is 50.8 Å². The van der Waals surface area contributed by atoms with Crippen LogP contribution in [0, 0.1) is 31.6 Å². The predicted molar refractivity (Wildman–Crippen MR) is 79.0 cm³/mol. The molecule has 0 amide bonds. The molecule has 2 fully saturated rings. The van der Waals surface area contributed by atoms with E-state index < -0.39 is 0 Å². The molecular weight excluding hydrogens is 292 g/mol. The van der Waals surface area contributed by atoms with Gasteiger partial charge in [-0.2, -0.15) is 0 Å². The Balaban J connectivity index is 1.67. The van der Waals surface area contributed by atoms with Crippen LogP contribution < -0.4 is 0 Å². The van der Waals surface area contributed by atoms with E-state index in [0.29, 0.717) is 4.83 Å². The standard InChI is InChI=1S/C15H21BrS/c1-9-5-10(2)17-15(9)14(16)8-13-7-11-3-4-12(13)6-11/h5,11-14H,3-4,6-8H2,1-2H3. The first kappa shape index (κ1) is 12.2. The molecule has 0 N–H and O–H groups in total. The highest BCUT2D eigenvalue weighted by atomic mass is 79.9. The molecule has 2 aliphatic carbocycles. The summed E-state index contributed by atoms with van der Waals surface area (Å²) in [6, 6.07) is 2.33. The third-order valence-electron chi connectivity index (χ3n) is 4.76. The van der Waals surface area contributed by atoms with Crippen LogP contribution in [-0.4, -0.2) is 0 Å². The molecule has 0 saturated heterocycles. The molecule has 3 rings (SSSR count). The van der Waals surface area contributed by atoms with Gasteiger partial charge in [0.05, 0.1) is 0 Å². The highest BCUT2D eigenvalue weighted by Gasteiger charge is 2.40. The minimum atomic E-state index is 0.602. The lowest BCUT2D eigenvalue weighted by molar-refractivity contribution is 0.314. The molecule has 4 unspecified atom stereocenters. The Morgan fingerprint density at radius 2 is 2.18 bits per heavy atom. The third-order valence-corrected chi connectivity index (χ3v) is 7.16. The van der Waals surface area contributed by atoms with Gasteiger partial charge in [0, 0.05) is 14.6 Å². The zero-order valence-corrected chi connectivity index (χ0v) is 13.1. The quantitative estimate of drug-likeness (QED) is 0.635. The van der Waals surface area contributed by atoms with Crippen molar-refractivity contribution in [3.8, 4) is 0 Å². The van der Waals surface area contributed by atoms with Gasteiger partial charge in [0.25, 0.3) is 0 Å². The second-order valence-electron chi connectivity index (χ2n) is 6.04. The van der Waals surface area contributed by atoms with Gasteiger partial charge in [-0.3, -0.25) is 0 Å². The Morgan fingerprint density at radius 1 is 1.35 bits per heavy atom. The molecule has 0 aromatic carbocycles. The maximum atomic E-state index is 3.94. The van der Waals surface area contributed by atoms with E-state index in [-0.39, 0.29) is 0 Å². The highest BCUT2D eigenvalue weighted by Crippen LogP contribution is 2.52. The number of fused-ring (bicyclic) bond motifs is 2. The SMILES string of the molecule is Cc1cc(C)c(C(Br)CC2CC3CCC2C3)s1. The number of halogens is 1. The molecule has 2 heteroatoms. The summed E-state index contributed by atoms with van der Waals surface area (Å²) < 4.78 is 0. The molecule has 1 aromatic heterocycles. The van der Waals surface area contributed by atoms with E-state index in [0.717, 1.165) is 17.8 Å². The van der Waals surface area contributed by atoms with Crippen LogP contribution in [0.5, 0.6) is 0 Å². The Kier molecular flexibility index (Phi) is 3.38. The fourth-order valence-corrected chi connectivity index (χ4v) is 6.16. The molecule has 0 aliphatic heterocycles. The van der Waals surface area contributed by atoms with Crippen molar-refractivity contribution in [1.82, 2.24) is 0 Å². The monoisotopic (exact) mass is 312 g/mol. The van der Waals surface area contributed by atoms with E-state index in [2.05, 4.69) is 35.8 Å². The van der Waals surface area contributed by atoms with Gasteiger partial charge in [-0.25, -0.2) is 0 Å². The second-order valence-corrected chi connectivity index (χ2v) is 8.44. The van der Waals surface area contributed by atoms with Crippen LogP contribution in [0.1, 0.15) is 52.2 Å². The smallest absolute Gasteiger partial charge is 0.0494 e. The average Bonchev–Trinajstić information content (AvgIpc) is 2.93. The van der Waals surface area contributed by atoms with Gasteiger partial charge in [0.2, 0.25) is 0 Å². The molecule has 0 spiro atoms. The first-order valence-corrected chi connectivity index (χ1v) is 8.57. The summed E-state index contributed by atoms with van der Waals surface area (Å²) in [5, 5.41) is 0. The van der Waals surface area contributed by atoms with Gasteiger partial charge in [-0.1, -0.05) is 22.4 Å². The zero-order valence-electron chi connectivity index (χ0n) is 10.7. The van der Waals surface area contributed by atoms with E-state index >= 15 is 0 Å². The number of aryl methyl sites for hydroxylation is 2. The van der Waals surface area contributed by atoms with Crippen LogP contribution in [0.25, 0.3) is 0 Å². The van der Waals surface area contributed by atoms with Crippen molar-refractivity contribution in [2.24, 2.45) is 17.8 Å². The Bertz CT molecular complexity index is 409. The molecule has 94 valence electrons.